The van der Waals surface area contributed by atoms with Crippen molar-refractivity contribution in [2.45, 2.75) is 219 Å². The standard InChI is InChI=1S/C54H94NO9P/c1-3-5-7-9-11-13-15-17-19-21-23-24-25-26-27-29-31-33-35-37-39-41-43-45-47-61-48-51(49-62-65(59,60)63-50-52(55)54(57)58)64-53(56)46-44-42-40-38-36-34-32-30-28-22-20-18-16-14-12-10-8-6-4-2/h5,7,11,13,17,19,23-24,26-27,31,33,37,39,51-52H,3-4,6,8-10,12,14-16,18,20-22,25,28-30,32,34-36,38,40-50,55H2,1-2H3,(H,57,58)(H,59,60)/b7-5-,13-11-,19-17-,24-23-,27-26-,33-31-,39-37-. The summed E-state index contributed by atoms with van der Waals surface area (Å²) in [7, 11) is -4.64. The lowest BCUT2D eigenvalue weighted by Gasteiger charge is -2.20. The SMILES string of the molecule is CC/C=C\C/C=C\C/C=C\C/C=C\C/C=C\C/C=C\C/C=C\CCCCOCC(COP(=O)(O)OCC(N)C(=O)O)OC(=O)CCCCCCCCCCCCCCCCCCCCC. The number of allylic oxidation sites excluding steroid dienone is 14. The Morgan fingerprint density at radius 2 is 0.892 bits per heavy atom. The second kappa shape index (κ2) is 49.1. The molecule has 0 saturated carbocycles. The number of rotatable bonds is 48. The first-order valence-electron chi connectivity index (χ1n) is 25.6. The van der Waals surface area contributed by atoms with E-state index in [-0.39, 0.29) is 13.0 Å². The molecular weight excluding hydrogens is 838 g/mol. The van der Waals surface area contributed by atoms with Crippen LogP contribution in [0.3, 0.4) is 0 Å². The largest absolute Gasteiger partial charge is 0.480 e. The topological polar surface area (TPSA) is 155 Å². The van der Waals surface area contributed by atoms with Crippen LogP contribution < -0.4 is 5.73 Å². The summed E-state index contributed by atoms with van der Waals surface area (Å²) in [6.07, 6.45) is 63.6. The molecule has 65 heavy (non-hydrogen) atoms. The molecule has 10 nitrogen and oxygen atoms in total. The van der Waals surface area contributed by atoms with E-state index in [4.69, 9.17) is 29.4 Å². The van der Waals surface area contributed by atoms with E-state index in [1.165, 1.54) is 96.3 Å². The third-order valence-corrected chi connectivity index (χ3v) is 11.6. The number of esters is 1. The fraction of sp³-hybridized carbons (Fsp3) is 0.704. The van der Waals surface area contributed by atoms with Crippen LogP contribution in [0.2, 0.25) is 0 Å². The summed E-state index contributed by atoms with van der Waals surface area (Å²) in [4.78, 5) is 33.7. The number of phosphoric acid groups is 1. The Labute approximate surface area is 397 Å². The number of aliphatic carboxylic acids is 1. The number of carbonyl (C=O) groups excluding carboxylic acids is 1. The molecule has 0 aliphatic rings. The Bertz CT molecular complexity index is 1360. The van der Waals surface area contributed by atoms with Crippen LogP contribution in [0.5, 0.6) is 0 Å². The van der Waals surface area contributed by atoms with Crippen LogP contribution in [0.15, 0.2) is 85.1 Å². The van der Waals surface area contributed by atoms with Crippen molar-refractivity contribution in [3.05, 3.63) is 85.1 Å². The average Bonchev–Trinajstić information content (AvgIpc) is 3.29. The highest BCUT2D eigenvalue weighted by molar-refractivity contribution is 7.47. The van der Waals surface area contributed by atoms with E-state index >= 15 is 0 Å². The van der Waals surface area contributed by atoms with E-state index in [2.05, 4.69) is 98.9 Å². The first kappa shape index (κ1) is 62.1. The van der Waals surface area contributed by atoms with E-state index in [1.807, 2.05) is 0 Å². The summed E-state index contributed by atoms with van der Waals surface area (Å²) in [5.74, 6) is -1.80. The van der Waals surface area contributed by atoms with Gasteiger partial charge < -0.3 is 25.2 Å². The first-order valence-corrected chi connectivity index (χ1v) is 27.1. The number of phosphoric ester groups is 1. The lowest BCUT2D eigenvalue weighted by Crippen LogP contribution is -2.34. The summed E-state index contributed by atoms with van der Waals surface area (Å²) < 4.78 is 33.4. The normalized spacial score (nSPS) is 14.4. The second-order valence-electron chi connectivity index (χ2n) is 16.9. The van der Waals surface area contributed by atoms with Gasteiger partial charge in [-0.3, -0.25) is 18.6 Å². The van der Waals surface area contributed by atoms with E-state index < -0.39 is 45.1 Å². The van der Waals surface area contributed by atoms with Crippen LogP contribution in [-0.2, 0) is 32.7 Å². The number of carboxylic acids is 1. The van der Waals surface area contributed by atoms with Gasteiger partial charge in [0.1, 0.15) is 12.1 Å². The van der Waals surface area contributed by atoms with Crippen LogP contribution >= 0.6 is 7.82 Å². The molecule has 0 aliphatic carbocycles. The van der Waals surface area contributed by atoms with Gasteiger partial charge in [-0.2, -0.15) is 0 Å². The molecule has 0 aromatic heterocycles. The maximum absolute atomic E-state index is 12.7. The molecule has 3 unspecified atom stereocenters. The van der Waals surface area contributed by atoms with Crippen molar-refractivity contribution in [2.24, 2.45) is 5.73 Å². The first-order chi connectivity index (χ1) is 31.7. The third kappa shape index (κ3) is 48.9. The number of hydrogen-bond donors (Lipinski definition) is 3. The number of unbranched alkanes of at least 4 members (excludes halogenated alkanes) is 20. The second-order valence-corrected chi connectivity index (χ2v) is 18.4. The quantitative estimate of drug-likeness (QED) is 0.0232. The monoisotopic (exact) mass is 932 g/mol. The fourth-order valence-corrected chi connectivity index (χ4v) is 7.54. The van der Waals surface area contributed by atoms with Gasteiger partial charge in [0, 0.05) is 13.0 Å². The van der Waals surface area contributed by atoms with Crippen molar-refractivity contribution in [3.8, 4) is 0 Å². The zero-order valence-electron chi connectivity index (χ0n) is 41.1. The van der Waals surface area contributed by atoms with Gasteiger partial charge in [0.05, 0.1) is 19.8 Å². The van der Waals surface area contributed by atoms with Crippen LogP contribution in [-0.4, -0.2) is 60.5 Å². The van der Waals surface area contributed by atoms with Gasteiger partial charge in [-0.1, -0.05) is 214 Å². The number of carbonyl (C=O) groups is 2. The maximum Gasteiger partial charge on any atom is 0.472 e. The Kier molecular flexibility index (Phi) is 46.9. The third-order valence-electron chi connectivity index (χ3n) is 10.7. The average molecular weight is 932 g/mol. The van der Waals surface area contributed by atoms with Crippen LogP contribution in [0.25, 0.3) is 0 Å². The molecule has 0 heterocycles. The highest BCUT2D eigenvalue weighted by Gasteiger charge is 2.27. The number of nitrogens with two attached hydrogens (primary N) is 1. The minimum atomic E-state index is -4.64. The molecule has 0 bridgehead atoms. The van der Waals surface area contributed by atoms with Gasteiger partial charge in [-0.15, -0.1) is 0 Å². The summed E-state index contributed by atoms with van der Waals surface area (Å²) in [6.45, 7) is 3.67. The minimum Gasteiger partial charge on any atom is -0.480 e. The molecule has 0 radical (unpaired) electrons. The zero-order valence-corrected chi connectivity index (χ0v) is 42.0. The fourth-order valence-electron chi connectivity index (χ4n) is 6.76. The van der Waals surface area contributed by atoms with Gasteiger partial charge in [0.15, 0.2) is 0 Å². The number of carboxylic acid groups (broad SMARTS) is 1. The smallest absolute Gasteiger partial charge is 0.472 e. The molecule has 0 rings (SSSR count). The van der Waals surface area contributed by atoms with Crippen molar-refractivity contribution in [3.63, 3.8) is 0 Å². The summed E-state index contributed by atoms with van der Waals surface area (Å²) in [5, 5.41) is 8.93. The molecule has 4 N–H and O–H groups in total. The van der Waals surface area contributed by atoms with E-state index in [0.717, 1.165) is 83.5 Å². The molecule has 0 saturated heterocycles. The molecule has 3 atom stereocenters. The molecule has 0 aromatic rings. The predicted molar refractivity (Wildman–Crippen MR) is 272 cm³/mol. The highest BCUT2D eigenvalue weighted by atomic mass is 31.2. The Morgan fingerprint density at radius 3 is 1.31 bits per heavy atom. The Morgan fingerprint density at radius 1 is 0.508 bits per heavy atom. The molecule has 0 aromatic carbocycles. The van der Waals surface area contributed by atoms with Gasteiger partial charge in [-0.25, -0.2) is 4.57 Å². The summed E-state index contributed by atoms with van der Waals surface area (Å²) in [6, 6.07) is -1.48. The van der Waals surface area contributed by atoms with Crippen LogP contribution in [0, 0.1) is 0 Å². The van der Waals surface area contributed by atoms with Gasteiger partial charge in [-0.05, 0) is 70.6 Å². The highest BCUT2D eigenvalue weighted by Crippen LogP contribution is 2.43. The molecule has 0 amide bonds. The van der Waals surface area contributed by atoms with Crippen LogP contribution in [0.1, 0.15) is 206 Å². The summed E-state index contributed by atoms with van der Waals surface area (Å²) in [5.41, 5.74) is 5.37. The lowest BCUT2D eigenvalue weighted by atomic mass is 10.0. The van der Waals surface area contributed by atoms with Crippen molar-refractivity contribution in [2.75, 3.05) is 26.4 Å². The molecule has 0 fully saturated rings. The molecule has 0 aliphatic heterocycles. The van der Waals surface area contributed by atoms with E-state index in [0.29, 0.717) is 13.0 Å². The number of hydrogen-bond acceptors (Lipinski definition) is 8. The number of ether oxygens (including phenoxy) is 2. The Hall–Kier alpha value is -2.85. The lowest BCUT2D eigenvalue weighted by molar-refractivity contribution is -0.154. The van der Waals surface area contributed by atoms with Crippen LogP contribution in [0.4, 0.5) is 0 Å². The maximum atomic E-state index is 12.7. The van der Waals surface area contributed by atoms with E-state index in [1.54, 1.807) is 0 Å². The molecule has 11 heteroatoms. The summed E-state index contributed by atoms with van der Waals surface area (Å²) >= 11 is 0. The molecule has 374 valence electrons. The van der Waals surface area contributed by atoms with Crippen molar-refractivity contribution >= 4 is 19.8 Å². The zero-order chi connectivity index (χ0) is 47.6. The van der Waals surface area contributed by atoms with Crippen molar-refractivity contribution < 1.29 is 42.7 Å². The Balaban J connectivity index is 4.25. The van der Waals surface area contributed by atoms with E-state index in [9.17, 15) is 19.0 Å². The van der Waals surface area contributed by atoms with Crippen molar-refractivity contribution in [1.29, 1.82) is 0 Å². The van der Waals surface area contributed by atoms with Crippen molar-refractivity contribution in [1.82, 2.24) is 0 Å². The molecule has 0 spiro atoms. The predicted octanol–water partition coefficient (Wildman–Crippen LogP) is 15.1. The van der Waals surface area contributed by atoms with Gasteiger partial charge in [0.25, 0.3) is 0 Å². The van der Waals surface area contributed by atoms with Gasteiger partial charge in [0.2, 0.25) is 0 Å². The minimum absolute atomic E-state index is 0.0158. The van der Waals surface area contributed by atoms with Gasteiger partial charge >= 0.3 is 19.8 Å². The molecular formula is C54H94NO9P.